The zero-order chi connectivity index (χ0) is 14.8. The lowest BCUT2D eigenvalue weighted by atomic mass is 10.1. The number of nitrogens with one attached hydrogen (secondary N) is 2. The Hall–Kier alpha value is -2.33. The summed E-state index contributed by atoms with van der Waals surface area (Å²) in [4.78, 5) is 12.4. The van der Waals surface area contributed by atoms with E-state index in [1.165, 1.54) is 0 Å². The van der Waals surface area contributed by atoms with Gasteiger partial charge in [-0.2, -0.15) is 5.10 Å². The standard InChI is InChI=1S/C16H14ClN3O/c1-10(12-6-2-3-8-14(12)17)19-16(21)13-7-4-5-11-9-18-20-15(11)13/h2-10H,1H3,(H,18,20)(H,19,21). The van der Waals surface area contributed by atoms with Gasteiger partial charge >= 0.3 is 0 Å². The van der Waals surface area contributed by atoms with Crippen LogP contribution in [0.1, 0.15) is 28.9 Å². The van der Waals surface area contributed by atoms with Gasteiger partial charge in [-0.15, -0.1) is 0 Å². The molecular weight excluding hydrogens is 286 g/mol. The number of H-pyrrole nitrogens is 1. The summed E-state index contributed by atoms with van der Waals surface area (Å²) in [5.74, 6) is -0.155. The summed E-state index contributed by atoms with van der Waals surface area (Å²) in [6.45, 7) is 1.91. The summed E-state index contributed by atoms with van der Waals surface area (Å²) in [7, 11) is 0. The molecule has 0 radical (unpaired) electrons. The van der Waals surface area contributed by atoms with Crippen LogP contribution < -0.4 is 5.32 Å². The number of aromatic nitrogens is 2. The van der Waals surface area contributed by atoms with Gasteiger partial charge in [0.2, 0.25) is 0 Å². The molecular formula is C16H14ClN3O. The number of hydrogen-bond acceptors (Lipinski definition) is 2. The SMILES string of the molecule is CC(NC(=O)c1cccc2cn[nH]c12)c1ccccc1Cl. The molecule has 1 heterocycles. The smallest absolute Gasteiger partial charge is 0.253 e. The van der Waals surface area contributed by atoms with E-state index in [4.69, 9.17) is 11.6 Å². The highest BCUT2D eigenvalue weighted by atomic mass is 35.5. The molecule has 21 heavy (non-hydrogen) atoms. The lowest BCUT2D eigenvalue weighted by Gasteiger charge is -2.16. The van der Waals surface area contributed by atoms with Crippen LogP contribution in [-0.2, 0) is 0 Å². The van der Waals surface area contributed by atoms with Gasteiger partial charge < -0.3 is 5.32 Å². The van der Waals surface area contributed by atoms with Gasteiger partial charge in [0.25, 0.3) is 5.91 Å². The molecule has 5 heteroatoms. The molecule has 1 unspecified atom stereocenters. The molecule has 0 aliphatic carbocycles. The first-order chi connectivity index (χ1) is 10.2. The molecule has 1 atom stereocenters. The highest BCUT2D eigenvalue weighted by Crippen LogP contribution is 2.23. The van der Waals surface area contributed by atoms with Crippen molar-refractivity contribution in [3.05, 3.63) is 64.8 Å². The van der Waals surface area contributed by atoms with E-state index in [0.29, 0.717) is 10.6 Å². The quantitative estimate of drug-likeness (QED) is 0.774. The fourth-order valence-electron chi connectivity index (χ4n) is 2.34. The number of amides is 1. The second-order valence-corrected chi connectivity index (χ2v) is 5.26. The number of carbonyl (C=O) groups excluding carboxylic acids is 1. The number of nitrogens with zero attached hydrogens (tertiary/aromatic N) is 1. The normalized spacial score (nSPS) is 12.3. The predicted octanol–water partition coefficient (Wildman–Crippen LogP) is 3.71. The third kappa shape index (κ3) is 2.62. The van der Waals surface area contributed by atoms with Crippen molar-refractivity contribution in [1.82, 2.24) is 15.5 Å². The first-order valence-corrected chi connectivity index (χ1v) is 7.02. The molecule has 0 aliphatic heterocycles. The van der Waals surface area contributed by atoms with Gasteiger partial charge in [-0.1, -0.05) is 41.9 Å². The fourth-order valence-corrected chi connectivity index (χ4v) is 2.64. The number of rotatable bonds is 3. The fraction of sp³-hybridized carbons (Fsp3) is 0.125. The van der Waals surface area contributed by atoms with E-state index in [0.717, 1.165) is 16.5 Å². The van der Waals surface area contributed by atoms with Crippen molar-refractivity contribution in [3.63, 3.8) is 0 Å². The third-order valence-corrected chi connectivity index (χ3v) is 3.78. The van der Waals surface area contributed by atoms with Gasteiger partial charge in [0, 0.05) is 10.4 Å². The highest BCUT2D eigenvalue weighted by molar-refractivity contribution is 6.31. The van der Waals surface area contributed by atoms with Crippen molar-refractivity contribution < 1.29 is 4.79 Å². The number of fused-ring (bicyclic) bond motifs is 1. The third-order valence-electron chi connectivity index (χ3n) is 3.44. The molecule has 106 valence electrons. The number of halogens is 1. The minimum atomic E-state index is -0.177. The molecule has 4 nitrogen and oxygen atoms in total. The lowest BCUT2D eigenvalue weighted by Crippen LogP contribution is -2.27. The van der Waals surface area contributed by atoms with Crippen LogP contribution in [0, 0.1) is 0 Å². The topological polar surface area (TPSA) is 57.8 Å². The van der Waals surface area contributed by atoms with Crippen LogP contribution in [0.3, 0.4) is 0 Å². The molecule has 2 aromatic carbocycles. The largest absolute Gasteiger partial charge is 0.345 e. The number of benzene rings is 2. The van der Waals surface area contributed by atoms with Gasteiger partial charge in [0.15, 0.2) is 0 Å². The molecule has 0 saturated carbocycles. The van der Waals surface area contributed by atoms with Crippen molar-refractivity contribution in [1.29, 1.82) is 0 Å². The van der Waals surface area contributed by atoms with Crippen LogP contribution in [-0.4, -0.2) is 16.1 Å². The maximum Gasteiger partial charge on any atom is 0.253 e. The molecule has 1 aromatic heterocycles. The Kier molecular flexibility index (Phi) is 3.62. The van der Waals surface area contributed by atoms with Crippen molar-refractivity contribution in [2.45, 2.75) is 13.0 Å². The van der Waals surface area contributed by atoms with Crippen LogP contribution >= 0.6 is 11.6 Å². The van der Waals surface area contributed by atoms with E-state index < -0.39 is 0 Å². The van der Waals surface area contributed by atoms with Gasteiger partial charge in [0.1, 0.15) is 0 Å². The van der Waals surface area contributed by atoms with Crippen molar-refractivity contribution >= 4 is 28.4 Å². The van der Waals surface area contributed by atoms with E-state index in [9.17, 15) is 4.79 Å². The summed E-state index contributed by atoms with van der Waals surface area (Å²) >= 11 is 6.16. The summed E-state index contributed by atoms with van der Waals surface area (Å²) in [5, 5.41) is 11.3. The maximum absolute atomic E-state index is 12.4. The van der Waals surface area contributed by atoms with Crippen molar-refractivity contribution in [2.24, 2.45) is 0 Å². The monoisotopic (exact) mass is 299 g/mol. The summed E-state index contributed by atoms with van der Waals surface area (Å²) in [6, 6.07) is 12.8. The molecule has 3 aromatic rings. The van der Waals surface area contributed by atoms with E-state index in [1.807, 2.05) is 43.3 Å². The Labute approximate surface area is 127 Å². The van der Waals surface area contributed by atoms with E-state index >= 15 is 0 Å². The van der Waals surface area contributed by atoms with Gasteiger partial charge in [-0.3, -0.25) is 9.89 Å². The Bertz CT molecular complexity index is 797. The van der Waals surface area contributed by atoms with E-state index in [-0.39, 0.29) is 11.9 Å². The number of carbonyl (C=O) groups is 1. The van der Waals surface area contributed by atoms with Crippen LogP contribution in [0.15, 0.2) is 48.7 Å². The second kappa shape index (κ2) is 5.58. The van der Waals surface area contributed by atoms with Crippen LogP contribution in [0.25, 0.3) is 10.9 Å². The Morgan fingerprint density at radius 1 is 1.24 bits per heavy atom. The van der Waals surface area contributed by atoms with Crippen LogP contribution in [0.5, 0.6) is 0 Å². The van der Waals surface area contributed by atoms with Crippen molar-refractivity contribution in [3.8, 4) is 0 Å². The molecule has 0 aliphatic rings. The van der Waals surface area contributed by atoms with Crippen LogP contribution in [0.4, 0.5) is 0 Å². The molecule has 0 fully saturated rings. The van der Waals surface area contributed by atoms with E-state index in [2.05, 4.69) is 15.5 Å². The second-order valence-electron chi connectivity index (χ2n) is 4.86. The number of aromatic amines is 1. The van der Waals surface area contributed by atoms with Crippen molar-refractivity contribution in [2.75, 3.05) is 0 Å². The minimum Gasteiger partial charge on any atom is -0.345 e. The molecule has 3 rings (SSSR count). The zero-order valence-corrected chi connectivity index (χ0v) is 12.2. The summed E-state index contributed by atoms with van der Waals surface area (Å²) in [5.41, 5.74) is 2.20. The van der Waals surface area contributed by atoms with E-state index in [1.54, 1.807) is 12.3 Å². The average Bonchev–Trinajstić information content (AvgIpc) is 2.95. The molecule has 1 amide bonds. The first kappa shape index (κ1) is 13.6. The maximum atomic E-state index is 12.4. The van der Waals surface area contributed by atoms with Gasteiger partial charge in [-0.25, -0.2) is 0 Å². The zero-order valence-electron chi connectivity index (χ0n) is 11.4. The molecule has 0 saturated heterocycles. The Morgan fingerprint density at radius 2 is 2.05 bits per heavy atom. The summed E-state index contributed by atoms with van der Waals surface area (Å²) in [6.07, 6.45) is 1.70. The number of para-hydroxylation sites is 1. The molecule has 2 N–H and O–H groups in total. The molecule has 0 spiro atoms. The lowest BCUT2D eigenvalue weighted by molar-refractivity contribution is 0.0941. The van der Waals surface area contributed by atoms with Gasteiger partial charge in [0.05, 0.1) is 23.3 Å². The first-order valence-electron chi connectivity index (χ1n) is 6.64. The average molecular weight is 300 g/mol. The minimum absolute atomic E-state index is 0.155. The predicted molar refractivity (Wildman–Crippen MR) is 83.4 cm³/mol. The Balaban J connectivity index is 1.87. The summed E-state index contributed by atoms with van der Waals surface area (Å²) < 4.78 is 0. The number of hydrogen-bond donors (Lipinski definition) is 2. The van der Waals surface area contributed by atoms with Crippen LogP contribution in [0.2, 0.25) is 5.02 Å². The Morgan fingerprint density at radius 3 is 2.86 bits per heavy atom. The highest BCUT2D eigenvalue weighted by Gasteiger charge is 2.16. The molecule has 0 bridgehead atoms. The van der Waals surface area contributed by atoms with Gasteiger partial charge in [-0.05, 0) is 24.6 Å².